The van der Waals surface area contributed by atoms with E-state index >= 15 is 0 Å². The quantitative estimate of drug-likeness (QED) is 0.863. The number of thioether (sulfide) groups is 1. The third-order valence-corrected chi connectivity index (χ3v) is 4.67. The number of rotatable bonds is 3. The second kappa shape index (κ2) is 5.79. The van der Waals surface area contributed by atoms with Crippen LogP contribution in [0, 0.1) is 6.92 Å². The number of aryl methyl sites for hydroxylation is 1. The van der Waals surface area contributed by atoms with Gasteiger partial charge in [0.25, 0.3) is 5.22 Å². The van der Waals surface area contributed by atoms with Gasteiger partial charge in [0.1, 0.15) is 5.78 Å². The summed E-state index contributed by atoms with van der Waals surface area (Å²) in [5, 5.41) is 8.62. The van der Waals surface area contributed by atoms with Crippen molar-refractivity contribution in [3.8, 4) is 11.5 Å². The second-order valence-electron chi connectivity index (χ2n) is 5.01. The molecule has 0 aliphatic heterocycles. The average molecular weight is 288 g/mol. The zero-order chi connectivity index (χ0) is 13.9. The van der Waals surface area contributed by atoms with Gasteiger partial charge in [-0.1, -0.05) is 36.4 Å². The van der Waals surface area contributed by atoms with Crippen LogP contribution in [0.25, 0.3) is 11.5 Å². The predicted molar refractivity (Wildman–Crippen MR) is 77.6 cm³/mol. The SMILES string of the molecule is Cc1ccccc1-c1nnc(S[C@H]2CCCCC2=O)o1. The fourth-order valence-electron chi connectivity index (χ4n) is 2.38. The van der Waals surface area contributed by atoms with Gasteiger partial charge in [-0.25, -0.2) is 0 Å². The highest BCUT2D eigenvalue weighted by atomic mass is 32.2. The summed E-state index contributed by atoms with van der Waals surface area (Å²) in [7, 11) is 0. The highest BCUT2D eigenvalue weighted by Gasteiger charge is 2.25. The molecule has 1 fully saturated rings. The highest BCUT2D eigenvalue weighted by molar-refractivity contribution is 8.00. The largest absolute Gasteiger partial charge is 0.411 e. The van der Waals surface area contributed by atoms with Crippen molar-refractivity contribution in [2.75, 3.05) is 0 Å². The Bertz CT molecular complexity index is 624. The molecule has 0 bridgehead atoms. The van der Waals surface area contributed by atoms with Crippen LogP contribution in [0.2, 0.25) is 0 Å². The Morgan fingerprint density at radius 2 is 2.10 bits per heavy atom. The van der Waals surface area contributed by atoms with Crippen LogP contribution >= 0.6 is 11.8 Å². The molecule has 0 amide bonds. The van der Waals surface area contributed by atoms with E-state index in [0.29, 0.717) is 23.3 Å². The van der Waals surface area contributed by atoms with E-state index in [9.17, 15) is 4.79 Å². The van der Waals surface area contributed by atoms with E-state index in [4.69, 9.17) is 4.42 Å². The summed E-state index contributed by atoms with van der Waals surface area (Å²) in [6.07, 6.45) is 3.69. The molecule has 1 atom stereocenters. The fraction of sp³-hybridized carbons (Fsp3) is 0.400. The Balaban J connectivity index is 1.77. The molecule has 5 heteroatoms. The van der Waals surface area contributed by atoms with Crippen molar-refractivity contribution in [3.63, 3.8) is 0 Å². The van der Waals surface area contributed by atoms with E-state index in [1.807, 2.05) is 31.2 Å². The number of Topliss-reactive ketones (excluding diaryl/α,β-unsaturated/α-hetero) is 1. The van der Waals surface area contributed by atoms with Crippen molar-refractivity contribution in [2.24, 2.45) is 0 Å². The van der Waals surface area contributed by atoms with E-state index in [2.05, 4.69) is 10.2 Å². The minimum absolute atomic E-state index is 0.0195. The number of benzene rings is 1. The zero-order valence-corrected chi connectivity index (χ0v) is 12.2. The van der Waals surface area contributed by atoms with Crippen molar-refractivity contribution in [1.82, 2.24) is 10.2 Å². The van der Waals surface area contributed by atoms with Crippen LogP contribution in [0.5, 0.6) is 0 Å². The molecule has 1 aliphatic carbocycles. The molecule has 0 saturated heterocycles. The van der Waals surface area contributed by atoms with Gasteiger partial charge in [0.2, 0.25) is 5.89 Å². The third-order valence-electron chi connectivity index (χ3n) is 3.52. The van der Waals surface area contributed by atoms with E-state index < -0.39 is 0 Å². The lowest BCUT2D eigenvalue weighted by atomic mass is 9.99. The molecule has 3 rings (SSSR count). The molecule has 0 N–H and O–H groups in total. The molecular formula is C15H16N2O2S. The Labute approximate surface area is 122 Å². The molecule has 1 heterocycles. The molecule has 104 valence electrons. The predicted octanol–water partition coefficient (Wildman–Crippen LogP) is 3.65. The standard InChI is InChI=1S/C15H16N2O2S/c1-10-6-2-3-7-11(10)14-16-17-15(19-14)20-13-9-5-4-8-12(13)18/h2-3,6-7,13H,4-5,8-9H2,1H3/t13-/m0/s1. The van der Waals surface area contributed by atoms with Crippen molar-refractivity contribution < 1.29 is 9.21 Å². The molecule has 0 unspecified atom stereocenters. The molecule has 1 aromatic carbocycles. The average Bonchev–Trinajstić information content (AvgIpc) is 2.90. The molecule has 1 aromatic heterocycles. The molecule has 1 aliphatic rings. The van der Waals surface area contributed by atoms with Crippen LogP contribution in [0.3, 0.4) is 0 Å². The minimum atomic E-state index is -0.0195. The van der Waals surface area contributed by atoms with Gasteiger partial charge in [-0.05, 0) is 31.4 Å². The van der Waals surface area contributed by atoms with Gasteiger partial charge in [-0.2, -0.15) is 0 Å². The Morgan fingerprint density at radius 1 is 1.25 bits per heavy atom. The number of aromatic nitrogens is 2. The van der Waals surface area contributed by atoms with Gasteiger partial charge in [0.15, 0.2) is 0 Å². The van der Waals surface area contributed by atoms with E-state index in [1.165, 1.54) is 11.8 Å². The van der Waals surface area contributed by atoms with Gasteiger partial charge in [-0.15, -0.1) is 10.2 Å². The van der Waals surface area contributed by atoms with E-state index in [-0.39, 0.29) is 5.25 Å². The van der Waals surface area contributed by atoms with E-state index in [0.717, 1.165) is 30.4 Å². The first-order valence-electron chi connectivity index (χ1n) is 6.83. The van der Waals surface area contributed by atoms with Gasteiger partial charge in [-0.3, -0.25) is 4.79 Å². The monoisotopic (exact) mass is 288 g/mol. The van der Waals surface area contributed by atoms with E-state index in [1.54, 1.807) is 0 Å². The molecular weight excluding hydrogens is 272 g/mol. The van der Waals surface area contributed by atoms with Gasteiger partial charge in [0.05, 0.1) is 5.25 Å². The summed E-state index contributed by atoms with van der Waals surface area (Å²) < 4.78 is 5.69. The van der Waals surface area contributed by atoms with Crippen LogP contribution in [-0.2, 0) is 4.79 Å². The van der Waals surface area contributed by atoms with Crippen molar-refractivity contribution in [3.05, 3.63) is 29.8 Å². The van der Waals surface area contributed by atoms with Crippen LogP contribution in [0.4, 0.5) is 0 Å². The van der Waals surface area contributed by atoms with Crippen molar-refractivity contribution in [2.45, 2.75) is 43.1 Å². The van der Waals surface area contributed by atoms with Crippen LogP contribution in [-0.4, -0.2) is 21.2 Å². The summed E-state index contributed by atoms with van der Waals surface area (Å²) >= 11 is 1.40. The summed E-state index contributed by atoms with van der Waals surface area (Å²) in [6, 6.07) is 7.90. The highest BCUT2D eigenvalue weighted by Crippen LogP contribution is 2.32. The Hall–Kier alpha value is -1.62. The first-order chi connectivity index (χ1) is 9.74. The van der Waals surface area contributed by atoms with Gasteiger partial charge in [0, 0.05) is 12.0 Å². The number of ketones is 1. The Morgan fingerprint density at radius 3 is 2.90 bits per heavy atom. The maximum absolute atomic E-state index is 11.8. The topological polar surface area (TPSA) is 56.0 Å². The fourth-order valence-corrected chi connectivity index (χ4v) is 3.37. The molecule has 4 nitrogen and oxygen atoms in total. The molecule has 1 saturated carbocycles. The number of nitrogens with zero attached hydrogens (tertiary/aromatic N) is 2. The summed E-state index contributed by atoms with van der Waals surface area (Å²) in [5.41, 5.74) is 2.04. The Kier molecular flexibility index (Phi) is 3.87. The molecule has 0 radical (unpaired) electrons. The minimum Gasteiger partial charge on any atom is -0.411 e. The van der Waals surface area contributed by atoms with Gasteiger partial charge < -0.3 is 4.42 Å². The molecule has 2 aromatic rings. The smallest absolute Gasteiger partial charge is 0.277 e. The molecule has 0 spiro atoms. The van der Waals surface area contributed by atoms with Crippen molar-refractivity contribution >= 4 is 17.5 Å². The molecule has 20 heavy (non-hydrogen) atoms. The van der Waals surface area contributed by atoms with Crippen LogP contribution in [0.15, 0.2) is 33.9 Å². The maximum Gasteiger partial charge on any atom is 0.277 e. The summed E-state index contributed by atoms with van der Waals surface area (Å²) in [4.78, 5) is 11.8. The summed E-state index contributed by atoms with van der Waals surface area (Å²) in [6.45, 7) is 2.01. The van der Waals surface area contributed by atoms with Crippen molar-refractivity contribution in [1.29, 1.82) is 0 Å². The van der Waals surface area contributed by atoms with Crippen LogP contribution < -0.4 is 0 Å². The number of carbonyl (C=O) groups excluding carboxylic acids is 1. The van der Waals surface area contributed by atoms with Gasteiger partial charge >= 0.3 is 0 Å². The first kappa shape index (κ1) is 13.4. The summed E-state index contributed by atoms with van der Waals surface area (Å²) in [5.74, 6) is 0.825. The lowest BCUT2D eigenvalue weighted by Crippen LogP contribution is -2.21. The zero-order valence-electron chi connectivity index (χ0n) is 11.3. The first-order valence-corrected chi connectivity index (χ1v) is 7.71. The van der Waals surface area contributed by atoms with Crippen LogP contribution in [0.1, 0.15) is 31.2 Å². The lowest BCUT2D eigenvalue weighted by molar-refractivity contribution is -0.119. The number of hydrogen-bond donors (Lipinski definition) is 0. The number of hydrogen-bond acceptors (Lipinski definition) is 5. The normalized spacial score (nSPS) is 19.2. The second-order valence-corrected chi connectivity index (χ2v) is 6.16. The number of carbonyl (C=O) groups is 1. The third kappa shape index (κ3) is 2.77. The lowest BCUT2D eigenvalue weighted by Gasteiger charge is -2.17. The maximum atomic E-state index is 11.8.